The van der Waals surface area contributed by atoms with E-state index in [4.69, 9.17) is 0 Å². The van der Waals surface area contributed by atoms with Gasteiger partial charge in [-0.3, -0.25) is 4.98 Å². The number of pyridine rings is 1. The normalized spacial score (nSPS) is 11.8. The topological polar surface area (TPSA) is 22.2 Å². The monoisotopic (exact) mass is 623 g/mol. The predicted molar refractivity (Wildman–Crippen MR) is 135 cm³/mol. The third kappa shape index (κ3) is 2.86. The minimum Gasteiger partial charge on any atom is -0.351 e. The Balaban J connectivity index is 0.00000206. The van der Waals surface area contributed by atoms with Crippen LogP contribution in [0.5, 0.6) is 0 Å². The minimum atomic E-state index is 0. The van der Waals surface area contributed by atoms with Crippen LogP contribution < -0.4 is 0 Å². The maximum Gasteiger partial charge on any atom is 0.0909 e. The van der Waals surface area contributed by atoms with Gasteiger partial charge in [-0.1, -0.05) is 34.0 Å². The first kappa shape index (κ1) is 20.6. The average Bonchev–Trinajstić information content (AvgIpc) is 3.48. The first-order valence-corrected chi connectivity index (χ1v) is 11.6. The van der Waals surface area contributed by atoms with E-state index in [0.29, 0.717) is 0 Å². The van der Waals surface area contributed by atoms with Gasteiger partial charge in [-0.25, -0.2) is 0 Å². The van der Waals surface area contributed by atoms with Gasteiger partial charge in [0, 0.05) is 59.2 Å². The summed E-state index contributed by atoms with van der Waals surface area (Å²) in [5.41, 5.74) is 7.10. The quantitative estimate of drug-likeness (QED) is 0.174. The molecule has 7 aromatic rings. The molecule has 0 saturated heterocycles. The van der Waals surface area contributed by atoms with Gasteiger partial charge >= 0.3 is 0 Å². The van der Waals surface area contributed by atoms with Crippen LogP contribution >= 0.6 is 11.3 Å². The van der Waals surface area contributed by atoms with Gasteiger partial charge in [0.25, 0.3) is 0 Å². The molecule has 0 spiro atoms. The summed E-state index contributed by atoms with van der Waals surface area (Å²) in [6.07, 6.45) is 3.93. The molecule has 0 amide bonds. The van der Waals surface area contributed by atoms with Crippen LogP contribution in [0.2, 0.25) is 0 Å². The van der Waals surface area contributed by atoms with Crippen LogP contribution in [0.1, 0.15) is 16.0 Å². The fraction of sp³-hybridized carbons (Fsp3) is 0.107. The molecule has 3 nitrogen and oxygen atoms in total. The second kappa shape index (κ2) is 7.26. The van der Waals surface area contributed by atoms with E-state index in [1.54, 1.807) is 0 Å². The molecule has 0 aliphatic rings. The minimum absolute atomic E-state index is 0. The van der Waals surface area contributed by atoms with E-state index in [-0.39, 0.29) is 20.1 Å². The first-order valence-electron chi connectivity index (χ1n) is 10.8. The number of nitrogens with zero attached hydrogens (tertiary/aromatic N) is 3. The van der Waals surface area contributed by atoms with Crippen molar-refractivity contribution in [1.82, 2.24) is 14.0 Å². The summed E-state index contributed by atoms with van der Waals surface area (Å²) >= 11 is 1.82. The maximum atomic E-state index is 4.65. The predicted octanol–water partition coefficient (Wildman–Crippen LogP) is 7.52. The molecule has 4 heterocycles. The molecule has 0 aliphatic carbocycles. The van der Waals surface area contributed by atoms with Crippen molar-refractivity contribution in [2.45, 2.75) is 20.8 Å². The van der Waals surface area contributed by atoms with Gasteiger partial charge in [-0.2, -0.15) is 0 Å². The molecule has 0 aliphatic heterocycles. The summed E-state index contributed by atoms with van der Waals surface area (Å²) in [4.78, 5) is 7.19. The summed E-state index contributed by atoms with van der Waals surface area (Å²) < 4.78 is 4.57. The summed E-state index contributed by atoms with van der Waals surface area (Å²) in [6, 6.07) is 23.8. The number of imidazole rings is 1. The van der Waals surface area contributed by atoms with Crippen molar-refractivity contribution in [3.05, 3.63) is 89.1 Å². The Kier molecular flexibility index (Phi) is 4.53. The molecule has 7 rings (SSSR count). The van der Waals surface area contributed by atoms with Crippen LogP contribution in [-0.2, 0) is 20.1 Å². The molecule has 33 heavy (non-hydrogen) atoms. The van der Waals surface area contributed by atoms with Gasteiger partial charge in [-0.05, 0) is 62.2 Å². The van der Waals surface area contributed by atoms with Gasteiger partial charge in [0.1, 0.15) is 0 Å². The third-order valence-electron chi connectivity index (χ3n) is 6.47. The van der Waals surface area contributed by atoms with Crippen molar-refractivity contribution in [3.63, 3.8) is 0 Å². The molecule has 4 aromatic heterocycles. The van der Waals surface area contributed by atoms with Crippen LogP contribution in [0, 0.1) is 26.8 Å². The Labute approximate surface area is 208 Å². The van der Waals surface area contributed by atoms with Gasteiger partial charge in [0.05, 0.1) is 10.5 Å². The van der Waals surface area contributed by atoms with Crippen LogP contribution in [0.4, 0.5) is 0 Å². The Bertz CT molecular complexity index is 1810. The van der Waals surface area contributed by atoms with Gasteiger partial charge in [0.2, 0.25) is 0 Å². The summed E-state index contributed by atoms with van der Waals surface area (Å²) in [6.45, 7) is 6.49. The molecule has 3 aromatic carbocycles. The SMILES string of the molecule is Cc1ccc2c(c1)c1cc(C)ccc1n2-c1c[c-]c2c(c1)c1cc(C)sc1n1ccnc21.[Ir]. The molecular formula is C28H20IrN3S-. The zero-order valence-corrected chi connectivity index (χ0v) is 21.6. The van der Waals surface area contributed by atoms with Crippen molar-refractivity contribution in [2.75, 3.05) is 0 Å². The standard InChI is InChI=1S/C28H20N3S.Ir/c1-16-4-8-25-22(12-16)23-13-17(2)5-9-26(23)31(25)19-6-7-20-21(15-19)24-14-18(3)32-28(24)30-11-10-29-27(20)30;/h4-6,8-15H,1-3H3;/q-1;. The molecule has 0 saturated carbocycles. The Morgan fingerprint density at radius 2 is 1.52 bits per heavy atom. The average molecular weight is 623 g/mol. The van der Waals surface area contributed by atoms with Crippen LogP contribution in [-0.4, -0.2) is 14.0 Å². The molecular weight excluding hydrogens is 603 g/mol. The smallest absolute Gasteiger partial charge is 0.0909 e. The van der Waals surface area contributed by atoms with Crippen molar-refractivity contribution >= 4 is 59.8 Å². The van der Waals surface area contributed by atoms with Crippen molar-refractivity contribution < 1.29 is 20.1 Å². The van der Waals surface area contributed by atoms with Crippen LogP contribution in [0.15, 0.2) is 67.0 Å². The Hall–Kier alpha value is -2.98. The molecule has 0 bridgehead atoms. The zero-order valence-electron chi connectivity index (χ0n) is 18.4. The zero-order chi connectivity index (χ0) is 21.6. The number of aromatic nitrogens is 3. The van der Waals surface area contributed by atoms with Crippen molar-refractivity contribution in [1.29, 1.82) is 0 Å². The summed E-state index contributed by atoms with van der Waals surface area (Å²) in [5.74, 6) is 0. The second-order valence-electron chi connectivity index (χ2n) is 8.72. The first-order chi connectivity index (χ1) is 15.6. The van der Waals surface area contributed by atoms with E-state index in [1.165, 1.54) is 53.4 Å². The fourth-order valence-electron chi connectivity index (χ4n) is 5.07. The Morgan fingerprint density at radius 1 is 0.818 bits per heavy atom. The van der Waals surface area contributed by atoms with Crippen molar-refractivity contribution in [2.24, 2.45) is 0 Å². The molecule has 163 valence electrons. The number of rotatable bonds is 1. The van der Waals surface area contributed by atoms with Gasteiger partial charge < -0.3 is 8.97 Å². The van der Waals surface area contributed by atoms with E-state index in [2.05, 4.69) is 95.4 Å². The number of benzene rings is 3. The second-order valence-corrected chi connectivity index (χ2v) is 9.95. The fourth-order valence-corrected chi connectivity index (χ4v) is 6.07. The van der Waals surface area contributed by atoms with Gasteiger partial charge in [0.15, 0.2) is 0 Å². The summed E-state index contributed by atoms with van der Waals surface area (Å²) in [7, 11) is 0. The molecule has 1 radical (unpaired) electrons. The molecule has 0 atom stereocenters. The Morgan fingerprint density at radius 3 is 2.21 bits per heavy atom. The molecule has 5 heteroatoms. The van der Waals surface area contributed by atoms with E-state index in [0.717, 1.165) is 16.7 Å². The number of hydrogen-bond acceptors (Lipinski definition) is 2. The number of aryl methyl sites for hydroxylation is 3. The van der Waals surface area contributed by atoms with E-state index >= 15 is 0 Å². The third-order valence-corrected chi connectivity index (χ3v) is 7.52. The van der Waals surface area contributed by atoms with Crippen LogP contribution in [0.3, 0.4) is 0 Å². The largest absolute Gasteiger partial charge is 0.351 e. The van der Waals surface area contributed by atoms with Crippen molar-refractivity contribution in [3.8, 4) is 5.69 Å². The van der Waals surface area contributed by atoms with E-state index in [9.17, 15) is 0 Å². The van der Waals surface area contributed by atoms with Crippen LogP contribution in [0.25, 0.3) is 54.1 Å². The number of hydrogen-bond donors (Lipinski definition) is 0. The molecule has 0 unspecified atom stereocenters. The molecule has 0 N–H and O–H groups in total. The number of thiophene rings is 1. The van der Waals surface area contributed by atoms with E-state index < -0.39 is 0 Å². The van der Waals surface area contributed by atoms with Gasteiger partial charge in [-0.15, -0.1) is 29.5 Å². The molecule has 0 fully saturated rings. The number of fused-ring (bicyclic) bond motifs is 9. The van der Waals surface area contributed by atoms with E-state index in [1.807, 2.05) is 23.7 Å². The maximum absolute atomic E-state index is 4.65. The summed E-state index contributed by atoms with van der Waals surface area (Å²) in [5, 5.41) is 6.12.